The molecule has 0 spiro atoms. The molecule has 3 rings (SSSR count). The van der Waals surface area contributed by atoms with E-state index >= 15 is 0 Å². The summed E-state index contributed by atoms with van der Waals surface area (Å²) >= 11 is 5.94. The van der Waals surface area contributed by atoms with E-state index in [2.05, 4.69) is 0 Å². The average molecular weight is 276 g/mol. The van der Waals surface area contributed by atoms with Crippen LogP contribution in [0.5, 0.6) is 0 Å². The molecule has 19 heavy (non-hydrogen) atoms. The van der Waals surface area contributed by atoms with Crippen molar-refractivity contribution in [1.29, 1.82) is 0 Å². The quantitative estimate of drug-likeness (QED) is 0.758. The van der Waals surface area contributed by atoms with Crippen molar-refractivity contribution >= 4 is 22.6 Å². The molecule has 0 aliphatic carbocycles. The van der Waals surface area contributed by atoms with E-state index in [0.29, 0.717) is 11.3 Å². The Balaban J connectivity index is 2.08. The van der Waals surface area contributed by atoms with Crippen molar-refractivity contribution in [1.82, 2.24) is 0 Å². The molecule has 1 unspecified atom stereocenters. The normalized spacial score (nSPS) is 12.8. The Labute approximate surface area is 114 Å². The molecule has 0 radical (unpaired) electrons. The minimum Gasteiger partial charge on any atom is -0.459 e. The molecule has 2 N–H and O–H groups in total. The second kappa shape index (κ2) is 4.68. The lowest BCUT2D eigenvalue weighted by Gasteiger charge is -2.11. The summed E-state index contributed by atoms with van der Waals surface area (Å²) in [6, 6.07) is 13.4. The Morgan fingerprint density at radius 2 is 1.89 bits per heavy atom. The standard InChI is InChI=1S/C15H11ClFNO/c16-14-10(5-3-6-11(14)17)15(18)13-8-9-4-1-2-7-12(9)19-13/h1-8,15H,18H2. The lowest BCUT2D eigenvalue weighted by molar-refractivity contribution is 0.523. The van der Waals surface area contributed by atoms with Crippen LogP contribution in [0.2, 0.25) is 5.02 Å². The smallest absolute Gasteiger partial charge is 0.142 e. The zero-order valence-corrected chi connectivity index (χ0v) is 10.7. The maximum atomic E-state index is 13.4. The van der Waals surface area contributed by atoms with Gasteiger partial charge in [-0.2, -0.15) is 0 Å². The Morgan fingerprint density at radius 1 is 1.11 bits per heavy atom. The Hall–Kier alpha value is -1.84. The number of nitrogens with two attached hydrogens (primary N) is 1. The lowest BCUT2D eigenvalue weighted by Crippen LogP contribution is -2.11. The number of fused-ring (bicyclic) bond motifs is 1. The number of hydrogen-bond donors (Lipinski definition) is 1. The van der Waals surface area contributed by atoms with Crippen LogP contribution in [0.3, 0.4) is 0 Å². The van der Waals surface area contributed by atoms with Gasteiger partial charge in [0, 0.05) is 5.39 Å². The Morgan fingerprint density at radius 3 is 2.68 bits per heavy atom. The second-order valence-electron chi connectivity index (χ2n) is 4.31. The monoisotopic (exact) mass is 275 g/mol. The molecular formula is C15H11ClFNO. The third kappa shape index (κ3) is 2.11. The van der Waals surface area contributed by atoms with Gasteiger partial charge in [0.05, 0.1) is 11.1 Å². The van der Waals surface area contributed by atoms with Crippen molar-refractivity contribution in [2.45, 2.75) is 6.04 Å². The minimum atomic E-state index is -0.587. The van der Waals surface area contributed by atoms with Gasteiger partial charge in [0.1, 0.15) is 17.2 Å². The van der Waals surface area contributed by atoms with Crippen molar-refractivity contribution < 1.29 is 8.81 Å². The first-order valence-corrected chi connectivity index (χ1v) is 6.22. The molecule has 0 aliphatic rings. The number of rotatable bonds is 2. The maximum absolute atomic E-state index is 13.4. The molecule has 4 heteroatoms. The zero-order chi connectivity index (χ0) is 13.4. The number of para-hydroxylation sites is 1. The summed E-state index contributed by atoms with van der Waals surface area (Å²) in [5, 5.41) is 0.996. The first kappa shape index (κ1) is 12.2. The third-order valence-corrected chi connectivity index (χ3v) is 3.47. The van der Waals surface area contributed by atoms with Crippen molar-refractivity contribution in [2.75, 3.05) is 0 Å². The first-order chi connectivity index (χ1) is 9.16. The molecular weight excluding hydrogens is 265 g/mol. The van der Waals surface area contributed by atoms with Gasteiger partial charge in [-0.05, 0) is 23.8 Å². The Kier molecular flexibility index (Phi) is 3.01. The molecule has 3 aromatic rings. The lowest BCUT2D eigenvalue weighted by atomic mass is 10.0. The summed E-state index contributed by atoms with van der Waals surface area (Å²) in [5.74, 6) is 0.0828. The van der Waals surface area contributed by atoms with E-state index in [0.717, 1.165) is 11.0 Å². The number of benzene rings is 2. The first-order valence-electron chi connectivity index (χ1n) is 5.85. The largest absolute Gasteiger partial charge is 0.459 e. The zero-order valence-electron chi connectivity index (χ0n) is 9.94. The maximum Gasteiger partial charge on any atom is 0.142 e. The van der Waals surface area contributed by atoms with Crippen LogP contribution in [-0.2, 0) is 0 Å². The van der Waals surface area contributed by atoms with Crippen LogP contribution in [0.1, 0.15) is 17.4 Å². The van der Waals surface area contributed by atoms with Gasteiger partial charge in [-0.15, -0.1) is 0 Å². The fourth-order valence-electron chi connectivity index (χ4n) is 2.07. The van der Waals surface area contributed by atoms with E-state index in [1.807, 2.05) is 30.3 Å². The van der Waals surface area contributed by atoms with Gasteiger partial charge >= 0.3 is 0 Å². The predicted molar refractivity (Wildman–Crippen MR) is 73.7 cm³/mol. The fraction of sp³-hybridized carbons (Fsp3) is 0.0667. The van der Waals surface area contributed by atoms with Gasteiger partial charge < -0.3 is 10.2 Å². The van der Waals surface area contributed by atoms with Crippen LogP contribution >= 0.6 is 11.6 Å². The van der Waals surface area contributed by atoms with Gasteiger partial charge in [0.15, 0.2) is 0 Å². The number of furan rings is 1. The highest BCUT2D eigenvalue weighted by molar-refractivity contribution is 6.31. The van der Waals surface area contributed by atoms with Crippen LogP contribution < -0.4 is 5.73 Å². The number of halogens is 2. The fourth-order valence-corrected chi connectivity index (χ4v) is 2.31. The van der Waals surface area contributed by atoms with Crippen molar-refractivity contribution in [2.24, 2.45) is 5.73 Å². The summed E-state index contributed by atoms with van der Waals surface area (Å²) in [7, 11) is 0. The van der Waals surface area contributed by atoms with Crippen LogP contribution in [0.15, 0.2) is 52.9 Å². The van der Waals surface area contributed by atoms with Crippen LogP contribution in [0, 0.1) is 5.82 Å². The van der Waals surface area contributed by atoms with E-state index < -0.39 is 11.9 Å². The summed E-state index contributed by atoms with van der Waals surface area (Å²) in [6.45, 7) is 0. The van der Waals surface area contributed by atoms with Crippen LogP contribution in [0.25, 0.3) is 11.0 Å². The summed E-state index contributed by atoms with van der Waals surface area (Å²) in [6.07, 6.45) is 0. The molecule has 1 heterocycles. The van der Waals surface area contributed by atoms with Crippen molar-refractivity contribution in [3.8, 4) is 0 Å². The van der Waals surface area contributed by atoms with E-state index in [1.165, 1.54) is 6.07 Å². The Bertz CT molecular complexity index is 705. The third-order valence-electron chi connectivity index (χ3n) is 3.07. The molecule has 0 saturated carbocycles. The summed E-state index contributed by atoms with van der Waals surface area (Å²) < 4.78 is 19.1. The molecule has 0 bridgehead atoms. The molecule has 2 nitrogen and oxygen atoms in total. The molecule has 0 saturated heterocycles. The van der Waals surface area contributed by atoms with Crippen LogP contribution in [0.4, 0.5) is 4.39 Å². The van der Waals surface area contributed by atoms with E-state index in [4.69, 9.17) is 21.8 Å². The SMILES string of the molecule is NC(c1cc2ccccc2o1)c1cccc(F)c1Cl. The molecule has 0 amide bonds. The van der Waals surface area contributed by atoms with Gasteiger partial charge in [-0.25, -0.2) is 4.39 Å². The van der Waals surface area contributed by atoms with Crippen molar-refractivity contribution in [3.05, 3.63) is 70.7 Å². The molecule has 96 valence electrons. The second-order valence-corrected chi connectivity index (χ2v) is 4.69. The topological polar surface area (TPSA) is 39.2 Å². The molecule has 2 aromatic carbocycles. The highest BCUT2D eigenvalue weighted by atomic mass is 35.5. The highest BCUT2D eigenvalue weighted by Crippen LogP contribution is 2.31. The van der Waals surface area contributed by atoms with Crippen LogP contribution in [-0.4, -0.2) is 0 Å². The molecule has 1 atom stereocenters. The molecule has 0 aliphatic heterocycles. The highest BCUT2D eigenvalue weighted by Gasteiger charge is 2.18. The van der Waals surface area contributed by atoms with Gasteiger partial charge in [-0.1, -0.05) is 41.9 Å². The van der Waals surface area contributed by atoms with E-state index in [9.17, 15) is 4.39 Å². The molecule has 1 aromatic heterocycles. The average Bonchev–Trinajstić information content (AvgIpc) is 2.85. The number of hydrogen-bond acceptors (Lipinski definition) is 2. The van der Waals surface area contributed by atoms with Gasteiger partial charge in [0.25, 0.3) is 0 Å². The minimum absolute atomic E-state index is 0.0375. The van der Waals surface area contributed by atoms with E-state index in [1.54, 1.807) is 12.1 Å². The van der Waals surface area contributed by atoms with E-state index in [-0.39, 0.29) is 5.02 Å². The molecule has 0 fully saturated rings. The van der Waals surface area contributed by atoms with Gasteiger partial charge in [0.2, 0.25) is 0 Å². The summed E-state index contributed by atoms with van der Waals surface area (Å²) in [5.41, 5.74) is 7.37. The van der Waals surface area contributed by atoms with Gasteiger partial charge in [-0.3, -0.25) is 0 Å². The van der Waals surface area contributed by atoms with Crippen molar-refractivity contribution in [3.63, 3.8) is 0 Å². The predicted octanol–water partition coefficient (Wildman–Crippen LogP) is 4.27. The summed E-state index contributed by atoms with van der Waals surface area (Å²) in [4.78, 5) is 0.